The number of hydrogen-bond donors (Lipinski definition) is 2. The monoisotopic (exact) mass is 286 g/mol. The van der Waals surface area contributed by atoms with E-state index in [0.29, 0.717) is 6.54 Å². The van der Waals surface area contributed by atoms with E-state index in [2.05, 4.69) is 16.4 Å². The maximum Gasteiger partial charge on any atom is 0.230 e. The SMILES string of the molecule is CC(C)(C(=O)NCC1CCCO1)c1c[nH]c2ccccc12. The second kappa shape index (κ2) is 5.53. The van der Waals surface area contributed by atoms with Crippen LogP contribution in [0, 0.1) is 0 Å². The molecule has 1 saturated heterocycles. The standard InChI is InChI=1S/C17H22N2O2/c1-17(2,16(20)19-10-12-6-5-9-21-12)14-11-18-15-8-4-3-7-13(14)15/h3-4,7-8,11-12,18H,5-6,9-10H2,1-2H3,(H,19,20). The van der Waals surface area contributed by atoms with E-state index >= 15 is 0 Å². The first kappa shape index (κ1) is 14.1. The van der Waals surface area contributed by atoms with Crippen LogP contribution < -0.4 is 5.32 Å². The van der Waals surface area contributed by atoms with Gasteiger partial charge in [-0.15, -0.1) is 0 Å². The minimum atomic E-state index is -0.571. The zero-order valence-corrected chi connectivity index (χ0v) is 12.6. The molecular formula is C17H22N2O2. The van der Waals surface area contributed by atoms with Crippen LogP contribution in [0.15, 0.2) is 30.5 Å². The highest BCUT2D eigenvalue weighted by molar-refractivity contribution is 5.94. The molecule has 1 amide bonds. The average molecular weight is 286 g/mol. The number of fused-ring (bicyclic) bond motifs is 1. The summed E-state index contributed by atoms with van der Waals surface area (Å²) < 4.78 is 5.56. The molecule has 1 aliphatic rings. The molecule has 21 heavy (non-hydrogen) atoms. The zero-order chi connectivity index (χ0) is 14.9. The van der Waals surface area contributed by atoms with Gasteiger partial charge in [-0.25, -0.2) is 0 Å². The van der Waals surface area contributed by atoms with E-state index in [0.717, 1.165) is 35.9 Å². The molecule has 1 aromatic heterocycles. The van der Waals surface area contributed by atoms with Crippen LogP contribution in [0.1, 0.15) is 32.3 Å². The van der Waals surface area contributed by atoms with Crippen LogP contribution in [0.2, 0.25) is 0 Å². The van der Waals surface area contributed by atoms with Crippen LogP contribution >= 0.6 is 0 Å². The lowest BCUT2D eigenvalue weighted by Crippen LogP contribution is -2.43. The molecule has 1 aliphatic heterocycles. The minimum Gasteiger partial charge on any atom is -0.376 e. The van der Waals surface area contributed by atoms with Crippen molar-refractivity contribution in [2.24, 2.45) is 0 Å². The molecule has 2 aromatic rings. The van der Waals surface area contributed by atoms with E-state index in [4.69, 9.17) is 4.74 Å². The third kappa shape index (κ3) is 2.68. The summed E-state index contributed by atoms with van der Waals surface area (Å²) in [6.07, 6.45) is 4.24. The van der Waals surface area contributed by atoms with Crippen molar-refractivity contribution in [3.63, 3.8) is 0 Å². The molecule has 1 aromatic carbocycles. The summed E-state index contributed by atoms with van der Waals surface area (Å²) in [5.74, 6) is 0.0442. The van der Waals surface area contributed by atoms with Gasteiger partial charge in [0.15, 0.2) is 0 Å². The van der Waals surface area contributed by atoms with E-state index in [-0.39, 0.29) is 12.0 Å². The Balaban J connectivity index is 1.77. The third-order valence-corrected chi connectivity index (χ3v) is 4.34. The van der Waals surface area contributed by atoms with Crippen molar-refractivity contribution in [2.75, 3.05) is 13.2 Å². The second-order valence-electron chi connectivity index (χ2n) is 6.22. The fraction of sp³-hybridized carbons (Fsp3) is 0.471. The Hall–Kier alpha value is -1.81. The van der Waals surface area contributed by atoms with Gasteiger partial charge >= 0.3 is 0 Å². The molecule has 0 saturated carbocycles. The molecule has 3 rings (SSSR count). The van der Waals surface area contributed by atoms with Crippen molar-refractivity contribution >= 4 is 16.8 Å². The Bertz CT molecular complexity index is 639. The van der Waals surface area contributed by atoms with Crippen LogP contribution in [0.4, 0.5) is 0 Å². The topological polar surface area (TPSA) is 54.1 Å². The minimum absolute atomic E-state index is 0.0442. The Morgan fingerprint density at radius 2 is 2.24 bits per heavy atom. The molecule has 2 heterocycles. The van der Waals surface area contributed by atoms with Gasteiger partial charge in [0, 0.05) is 30.3 Å². The molecule has 1 unspecified atom stereocenters. The van der Waals surface area contributed by atoms with E-state index in [1.165, 1.54) is 0 Å². The van der Waals surface area contributed by atoms with Crippen molar-refractivity contribution in [1.82, 2.24) is 10.3 Å². The molecule has 0 radical (unpaired) electrons. The first-order valence-electron chi connectivity index (χ1n) is 7.55. The number of benzene rings is 1. The molecule has 112 valence electrons. The molecule has 0 aliphatic carbocycles. The third-order valence-electron chi connectivity index (χ3n) is 4.34. The molecule has 4 heteroatoms. The Morgan fingerprint density at radius 3 is 3.00 bits per heavy atom. The van der Waals surface area contributed by atoms with Gasteiger partial charge in [-0.1, -0.05) is 18.2 Å². The summed E-state index contributed by atoms with van der Waals surface area (Å²) in [6.45, 7) is 5.35. The molecule has 4 nitrogen and oxygen atoms in total. The first-order chi connectivity index (χ1) is 10.1. The van der Waals surface area contributed by atoms with Gasteiger partial charge in [-0.05, 0) is 38.3 Å². The average Bonchev–Trinajstić information content (AvgIpc) is 3.13. The Morgan fingerprint density at radius 1 is 1.43 bits per heavy atom. The van der Waals surface area contributed by atoms with Crippen LogP contribution in [0.25, 0.3) is 10.9 Å². The molecule has 1 fully saturated rings. The molecular weight excluding hydrogens is 264 g/mol. The number of nitrogens with one attached hydrogen (secondary N) is 2. The smallest absolute Gasteiger partial charge is 0.230 e. The quantitative estimate of drug-likeness (QED) is 0.908. The van der Waals surface area contributed by atoms with Crippen molar-refractivity contribution < 1.29 is 9.53 Å². The number of ether oxygens (including phenoxy) is 1. The summed E-state index contributed by atoms with van der Waals surface area (Å²) in [4.78, 5) is 15.8. The summed E-state index contributed by atoms with van der Waals surface area (Å²) in [5, 5.41) is 4.15. The summed E-state index contributed by atoms with van der Waals surface area (Å²) in [7, 11) is 0. The largest absolute Gasteiger partial charge is 0.376 e. The number of amides is 1. The predicted octanol–water partition coefficient (Wildman–Crippen LogP) is 2.74. The summed E-state index contributed by atoms with van der Waals surface area (Å²) in [5.41, 5.74) is 1.52. The van der Waals surface area contributed by atoms with Crippen molar-refractivity contribution in [2.45, 2.75) is 38.2 Å². The van der Waals surface area contributed by atoms with E-state index < -0.39 is 5.41 Å². The van der Waals surface area contributed by atoms with Crippen LogP contribution in [-0.2, 0) is 14.9 Å². The lowest BCUT2D eigenvalue weighted by Gasteiger charge is -2.24. The van der Waals surface area contributed by atoms with Gasteiger partial charge in [0.05, 0.1) is 11.5 Å². The number of H-pyrrole nitrogens is 1. The van der Waals surface area contributed by atoms with E-state index in [9.17, 15) is 4.79 Å². The fourth-order valence-electron chi connectivity index (χ4n) is 2.94. The van der Waals surface area contributed by atoms with Crippen LogP contribution in [0.5, 0.6) is 0 Å². The van der Waals surface area contributed by atoms with Crippen molar-refractivity contribution in [3.8, 4) is 0 Å². The highest BCUT2D eigenvalue weighted by Gasteiger charge is 2.32. The lowest BCUT2D eigenvalue weighted by molar-refractivity contribution is -0.126. The van der Waals surface area contributed by atoms with E-state index in [1.807, 2.05) is 38.2 Å². The first-order valence-corrected chi connectivity index (χ1v) is 7.55. The maximum absolute atomic E-state index is 12.6. The zero-order valence-electron chi connectivity index (χ0n) is 12.6. The maximum atomic E-state index is 12.6. The number of aromatic nitrogens is 1. The second-order valence-corrected chi connectivity index (χ2v) is 6.22. The van der Waals surface area contributed by atoms with Crippen molar-refractivity contribution in [3.05, 3.63) is 36.0 Å². The lowest BCUT2D eigenvalue weighted by atomic mass is 9.83. The summed E-state index contributed by atoms with van der Waals surface area (Å²) in [6, 6.07) is 8.07. The Labute approximate surface area is 124 Å². The molecule has 2 N–H and O–H groups in total. The highest BCUT2D eigenvalue weighted by Crippen LogP contribution is 2.30. The van der Waals surface area contributed by atoms with Gasteiger partial charge in [0.25, 0.3) is 0 Å². The number of rotatable bonds is 4. The van der Waals surface area contributed by atoms with Gasteiger partial charge in [-0.3, -0.25) is 4.79 Å². The predicted molar refractivity (Wildman–Crippen MR) is 83.3 cm³/mol. The number of para-hydroxylation sites is 1. The highest BCUT2D eigenvalue weighted by atomic mass is 16.5. The number of aromatic amines is 1. The molecule has 0 spiro atoms. The van der Waals surface area contributed by atoms with E-state index in [1.54, 1.807) is 0 Å². The number of hydrogen-bond acceptors (Lipinski definition) is 2. The normalized spacial score (nSPS) is 19.0. The van der Waals surface area contributed by atoms with Crippen LogP contribution in [0.3, 0.4) is 0 Å². The van der Waals surface area contributed by atoms with Crippen molar-refractivity contribution in [1.29, 1.82) is 0 Å². The fourth-order valence-corrected chi connectivity index (χ4v) is 2.94. The van der Waals surface area contributed by atoms with Gasteiger partial charge in [0.2, 0.25) is 5.91 Å². The van der Waals surface area contributed by atoms with Crippen LogP contribution in [-0.4, -0.2) is 30.1 Å². The number of carbonyl (C=O) groups excluding carboxylic acids is 1. The van der Waals surface area contributed by atoms with Gasteiger partial charge < -0.3 is 15.0 Å². The van der Waals surface area contributed by atoms with Gasteiger partial charge in [-0.2, -0.15) is 0 Å². The number of carbonyl (C=O) groups is 1. The summed E-state index contributed by atoms with van der Waals surface area (Å²) >= 11 is 0. The Kier molecular flexibility index (Phi) is 3.72. The molecule has 1 atom stereocenters. The molecule has 0 bridgehead atoms. The van der Waals surface area contributed by atoms with Gasteiger partial charge in [0.1, 0.15) is 0 Å².